The van der Waals surface area contributed by atoms with E-state index >= 15 is 0 Å². The van der Waals surface area contributed by atoms with Crippen LogP contribution in [-0.4, -0.2) is 35.7 Å². The van der Waals surface area contributed by atoms with E-state index in [4.69, 9.17) is 27.6 Å². The van der Waals surface area contributed by atoms with Gasteiger partial charge in [-0.1, -0.05) is 18.5 Å². The summed E-state index contributed by atoms with van der Waals surface area (Å²) in [6.45, 7) is 3.60. The van der Waals surface area contributed by atoms with Crippen LogP contribution in [-0.2, 0) is 0 Å². The monoisotopic (exact) mass is 358 g/mol. The van der Waals surface area contributed by atoms with E-state index in [1.54, 1.807) is 0 Å². The first kappa shape index (κ1) is 17.4. The Hall–Kier alpha value is -1.99. The van der Waals surface area contributed by atoms with Gasteiger partial charge in [-0.25, -0.2) is 5.10 Å². The van der Waals surface area contributed by atoms with Crippen LogP contribution in [0, 0.1) is 0 Å². The van der Waals surface area contributed by atoms with Crippen LogP contribution in [0.15, 0.2) is 27.6 Å². The average molecular weight is 359 g/mol. The van der Waals surface area contributed by atoms with E-state index in [9.17, 15) is 9.59 Å². The van der Waals surface area contributed by atoms with Crippen molar-refractivity contribution >= 4 is 34.9 Å². The lowest BCUT2D eigenvalue weighted by molar-refractivity contribution is 0.0954. The summed E-state index contributed by atoms with van der Waals surface area (Å²) in [6.07, 6.45) is 2.23. The highest BCUT2D eigenvalue weighted by Gasteiger charge is 2.14. The van der Waals surface area contributed by atoms with Crippen LogP contribution in [0.4, 0.5) is 5.82 Å². The summed E-state index contributed by atoms with van der Waals surface area (Å²) in [7, 11) is 0. The zero-order chi connectivity index (χ0) is 16.8. The molecule has 0 atom stereocenters. The fourth-order valence-corrected chi connectivity index (χ4v) is 2.34. The molecule has 0 fully saturated rings. The van der Waals surface area contributed by atoms with Crippen molar-refractivity contribution in [3.8, 4) is 0 Å². The van der Waals surface area contributed by atoms with Crippen molar-refractivity contribution in [2.24, 2.45) is 0 Å². The fraction of sp³-hybridized carbons (Fsp3) is 0.357. The molecule has 0 unspecified atom stereocenters. The number of aromatic nitrogens is 2. The summed E-state index contributed by atoms with van der Waals surface area (Å²) in [6, 6.07) is 3.01. The number of nitrogens with one attached hydrogen (secondary N) is 2. The van der Waals surface area contributed by atoms with Crippen molar-refractivity contribution in [3.63, 3.8) is 0 Å². The van der Waals surface area contributed by atoms with Crippen LogP contribution in [0.5, 0.6) is 0 Å². The van der Waals surface area contributed by atoms with Gasteiger partial charge in [0.25, 0.3) is 11.5 Å². The Morgan fingerprint density at radius 2 is 2.22 bits per heavy atom. The highest BCUT2D eigenvalue weighted by Crippen LogP contribution is 2.16. The van der Waals surface area contributed by atoms with E-state index in [1.807, 2.05) is 11.8 Å². The van der Waals surface area contributed by atoms with Gasteiger partial charge in [0, 0.05) is 25.7 Å². The van der Waals surface area contributed by atoms with Crippen LogP contribution in [0.2, 0.25) is 10.2 Å². The minimum atomic E-state index is -0.435. The van der Waals surface area contributed by atoms with Gasteiger partial charge in [-0.15, -0.1) is 0 Å². The minimum absolute atomic E-state index is 0.0574. The van der Waals surface area contributed by atoms with E-state index < -0.39 is 5.56 Å². The highest BCUT2D eigenvalue weighted by atomic mass is 35.5. The maximum atomic E-state index is 11.9. The second kappa shape index (κ2) is 8.03. The molecule has 9 heteroatoms. The van der Waals surface area contributed by atoms with Gasteiger partial charge in [-0.3, -0.25) is 9.59 Å². The first-order valence-corrected chi connectivity index (χ1v) is 7.80. The van der Waals surface area contributed by atoms with Crippen molar-refractivity contribution in [1.82, 2.24) is 15.5 Å². The lowest BCUT2D eigenvalue weighted by Crippen LogP contribution is -2.36. The van der Waals surface area contributed by atoms with Gasteiger partial charge in [-0.05, 0) is 24.1 Å². The molecule has 0 aromatic carbocycles. The Kier molecular flexibility index (Phi) is 6.06. The third-order valence-electron chi connectivity index (χ3n) is 3.09. The number of rotatable bonds is 7. The van der Waals surface area contributed by atoms with Gasteiger partial charge in [0.15, 0.2) is 5.82 Å². The lowest BCUT2D eigenvalue weighted by Gasteiger charge is -2.22. The molecule has 0 aliphatic heterocycles. The number of anilines is 1. The van der Waals surface area contributed by atoms with Crippen molar-refractivity contribution in [2.45, 2.75) is 13.3 Å². The van der Waals surface area contributed by atoms with Crippen LogP contribution in [0.25, 0.3) is 0 Å². The van der Waals surface area contributed by atoms with Crippen LogP contribution >= 0.6 is 23.2 Å². The number of amides is 1. The Labute approximate surface area is 142 Å². The van der Waals surface area contributed by atoms with Crippen molar-refractivity contribution in [3.05, 3.63) is 44.6 Å². The van der Waals surface area contributed by atoms with Gasteiger partial charge in [0.05, 0.1) is 11.8 Å². The SMILES string of the molecule is CCCN(CCNC(=O)c1ccoc1Cl)c1cc(Cl)c(=O)[nH]n1. The number of halogens is 2. The molecule has 7 nitrogen and oxygen atoms in total. The quantitative estimate of drug-likeness (QED) is 0.792. The standard InChI is InChI=1S/C14H16Cl2N4O3/c1-2-5-20(11-8-10(15)14(22)19-18-11)6-4-17-13(21)9-3-7-23-12(9)16/h3,7-8H,2,4-6H2,1H3,(H,17,21)(H,19,22). The maximum Gasteiger partial charge on any atom is 0.283 e. The fourth-order valence-electron chi connectivity index (χ4n) is 2.00. The second-order valence-electron chi connectivity index (χ2n) is 4.75. The molecule has 2 aromatic rings. The first-order valence-electron chi connectivity index (χ1n) is 7.04. The Morgan fingerprint density at radius 3 is 2.83 bits per heavy atom. The van der Waals surface area contributed by atoms with E-state index in [0.29, 0.717) is 31.0 Å². The number of carbonyl (C=O) groups excluding carboxylic acids is 1. The number of furan rings is 1. The highest BCUT2D eigenvalue weighted by molar-refractivity contribution is 6.32. The van der Waals surface area contributed by atoms with Gasteiger partial charge in [-0.2, -0.15) is 5.10 Å². The van der Waals surface area contributed by atoms with Crippen molar-refractivity contribution < 1.29 is 9.21 Å². The van der Waals surface area contributed by atoms with Crippen LogP contribution in [0.3, 0.4) is 0 Å². The molecule has 2 aromatic heterocycles. The first-order chi connectivity index (χ1) is 11.0. The maximum absolute atomic E-state index is 11.9. The van der Waals surface area contributed by atoms with Gasteiger partial charge in [0.1, 0.15) is 5.02 Å². The zero-order valence-electron chi connectivity index (χ0n) is 12.4. The molecule has 124 valence electrons. The molecule has 0 aliphatic carbocycles. The summed E-state index contributed by atoms with van der Waals surface area (Å²) in [5.74, 6) is 0.236. The molecule has 0 saturated carbocycles. The van der Waals surface area contributed by atoms with Crippen LogP contribution in [0.1, 0.15) is 23.7 Å². The molecule has 0 bridgehead atoms. The molecular weight excluding hydrogens is 343 g/mol. The lowest BCUT2D eigenvalue weighted by atomic mass is 10.3. The molecular formula is C14H16Cl2N4O3. The summed E-state index contributed by atoms with van der Waals surface area (Å²) < 4.78 is 4.88. The zero-order valence-corrected chi connectivity index (χ0v) is 13.9. The number of carbonyl (C=O) groups is 1. The summed E-state index contributed by atoms with van der Waals surface area (Å²) >= 11 is 11.6. The molecule has 0 spiro atoms. The normalized spacial score (nSPS) is 10.6. The second-order valence-corrected chi connectivity index (χ2v) is 5.50. The molecule has 0 radical (unpaired) electrons. The van der Waals surface area contributed by atoms with Crippen molar-refractivity contribution in [2.75, 3.05) is 24.5 Å². The number of H-pyrrole nitrogens is 1. The minimum Gasteiger partial charge on any atom is -0.452 e. The topological polar surface area (TPSA) is 91.2 Å². The Morgan fingerprint density at radius 1 is 1.43 bits per heavy atom. The Balaban J connectivity index is 1.97. The van der Waals surface area contributed by atoms with E-state index in [0.717, 1.165) is 6.42 Å². The molecule has 2 heterocycles. The predicted octanol–water partition coefficient (Wildman–Crippen LogP) is 2.32. The van der Waals surface area contributed by atoms with E-state index in [2.05, 4.69) is 15.5 Å². The molecule has 0 aliphatic rings. The van der Waals surface area contributed by atoms with Gasteiger partial charge < -0.3 is 14.6 Å². The summed E-state index contributed by atoms with van der Waals surface area (Å²) in [5.41, 5.74) is -0.145. The third-order valence-corrected chi connectivity index (χ3v) is 3.67. The summed E-state index contributed by atoms with van der Waals surface area (Å²) in [4.78, 5) is 25.1. The summed E-state index contributed by atoms with van der Waals surface area (Å²) in [5, 5.41) is 9.20. The number of hydrogen-bond donors (Lipinski definition) is 2. The third kappa shape index (κ3) is 4.49. The van der Waals surface area contributed by atoms with Gasteiger partial charge >= 0.3 is 0 Å². The van der Waals surface area contributed by atoms with E-state index in [1.165, 1.54) is 18.4 Å². The van der Waals surface area contributed by atoms with Crippen LogP contribution < -0.4 is 15.8 Å². The molecule has 23 heavy (non-hydrogen) atoms. The number of hydrogen-bond acceptors (Lipinski definition) is 5. The average Bonchev–Trinajstić information content (AvgIpc) is 2.95. The Bertz CT molecular complexity index is 729. The smallest absolute Gasteiger partial charge is 0.283 e. The van der Waals surface area contributed by atoms with E-state index in [-0.39, 0.29) is 16.1 Å². The molecule has 2 N–H and O–H groups in total. The molecule has 1 amide bonds. The number of nitrogens with zero attached hydrogens (tertiary/aromatic N) is 2. The number of aromatic amines is 1. The van der Waals surface area contributed by atoms with Gasteiger partial charge in [0.2, 0.25) is 5.22 Å². The largest absolute Gasteiger partial charge is 0.452 e. The molecule has 0 saturated heterocycles. The van der Waals surface area contributed by atoms with Crippen molar-refractivity contribution in [1.29, 1.82) is 0 Å². The molecule has 2 rings (SSSR count). The predicted molar refractivity (Wildman–Crippen MR) is 88.4 cm³/mol.